The Labute approximate surface area is 204 Å². The van der Waals surface area contributed by atoms with Crippen molar-refractivity contribution >= 4 is 49.9 Å². The van der Waals surface area contributed by atoms with Gasteiger partial charge in [0.05, 0.1) is 22.3 Å². The van der Waals surface area contributed by atoms with Crippen LogP contribution in [0.25, 0.3) is 22.0 Å². The molecular weight excluding hydrogens is 506 g/mol. The molecule has 2 aliphatic rings. The summed E-state index contributed by atoms with van der Waals surface area (Å²) in [6.07, 6.45) is 1.18. The molecule has 0 bridgehead atoms. The zero-order valence-corrected chi connectivity index (χ0v) is 20.5. The van der Waals surface area contributed by atoms with Gasteiger partial charge in [-0.05, 0) is 18.2 Å². The second kappa shape index (κ2) is 8.78. The monoisotopic (exact) mass is 526 g/mol. The third kappa shape index (κ3) is 4.19. The summed E-state index contributed by atoms with van der Waals surface area (Å²) >= 11 is 8.13. The van der Waals surface area contributed by atoms with Crippen LogP contribution in [-0.4, -0.2) is 61.4 Å². The van der Waals surface area contributed by atoms with Gasteiger partial charge in [-0.1, -0.05) is 11.6 Å². The zero-order valence-electron chi connectivity index (χ0n) is 18.1. The van der Waals surface area contributed by atoms with Gasteiger partial charge in [0.15, 0.2) is 0 Å². The molecule has 0 radical (unpaired) electrons. The van der Waals surface area contributed by atoms with Crippen molar-refractivity contribution in [2.45, 2.75) is 17.5 Å². The van der Waals surface area contributed by atoms with Crippen molar-refractivity contribution in [3.8, 4) is 11.1 Å². The van der Waals surface area contributed by atoms with Gasteiger partial charge < -0.3 is 10.2 Å². The van der Waals surface area contributed by atoms with Crippen LogP contribution >= 0.6 is 23.4 Å². The van der Waals surface area contributed by atoms with Gasteiger partial charge in [-0.15, -0.1) is 11.8 Å². The minimum absolute atomic E-state index is 0.0968. The number of rotatable bonds is 4. The highest BCUT2D eigenvalue weighted by Crippen LogP contribution is 2.46. The van der Waals surface area contributed by atoms with Gasteiger partial charge >= 0.3 is 5.69 Å². The van der Waals surface area contributed by atoms with E-state index in [1.165, 1.54) is 30.2 Å². The van der Waals surface area contributed by atoms with Crippen molar-refractivity contribution in [3.05, 3.63) is 51.4 Å². The second-order valence-corrected chi connectivity index (χ2v) is 12.1. The minimum atomic E-state index is -3.29. The third-order valence-electron chi connectivity index (χ3n) is 6.03. The smallest absolute Gasteiger partial charge is 0.349 e. The summed E-state index contributed by atoms with van der Waals surface area (Å²) in [6, 6.07) is 4.54. The number of sulfone groups is 1. The molecule has 180 valence electrons. The van der Waals surface area contributed by atoms with Crippen LogP contribution in [0.5, 0.6) is 0 Å². The number of nitrogens with one attached hydrogen (secondary N) is 1. The third-order valence-corrected chi connectivity index (χ3v) is 8.39. The molecule has 0 spiro atoms. The molecule has 2 aromatic carbocycles. The summed E-state index contributed by atoms with van der Waals surface area (Å²) in [5.74, 6) is -0.617. The quantitative estimate of drug-likeness (QED) is 0.559. The van der Waals surface area contributed by atoms with Crippen molar-refractivity contribution in [2.24, 2.45) is 0 Å². The van der Waals surface area contributed by atoms with E-state index in [0.29, 0.717) is 59.1 Å². The molecule has 1 N–H and O–H groups in total. The predicted octanol–water partition coefficient (Wildman–Crippen LogP) is 2.92. The average Bonchev–Trinajstić information content (AvgIpc) is 2.76. The molecule has 1 fully saturated rings. The average molecular weight is 527 g/mol. The first-order valence-corrected chi connectivity index (χ1v) is 14.1. The molecule has 0 unspecified atom stereocenters. The molecule has 34 heavy (non-hydrogen) atoms. The number of thioether (sulfide) groups is 1. The molecule has 0 amide bonds. The summed E-state index contributed by atoms with van der Waals surface area (Å²) in [5.41, 5.74) is 0.654. The first-order chi connectivity index (χ1) is 16.1. The summed E-state index contributed by atoms with van der Waals surface area (Å²) in [5, 5.41) is 4.03. The Kier molecular flexibility index (Phi) is 6.07. The minimum Gasteiger partial charge on any atom is -0.349 e. The summed E-state index contributed by atoms with van der Waals surface area (Å²) in [7, 11) is -3.29. The van der Waals surface area contributed by atoms with E-state index in [2.05, 4.69) is 10.3 Å². The van der Waals surface area contributed by atoms with Gasteiger partial charge in [-0.2, -0.15) is 4.98 Å². The normalized spacial score (nSPS) is 18.5. The van der Waals surface area contributed by atoms with Crippen LogP contribution in [0.15, 0.2) is 34.0 Å². The molecule has 2 aliphatic heterocycles. The number of halogens is 3. The molecule has 3 aromatic rings. The van der Waals surface area contributed by atoms with E-state index in [1.807, 2.05) is 4.90 Å². The van der Waals surface area contributed by atoms with E-state index in [1.54, 1.807) is 10.6 Å². The summed E-state index contributed by atoms with van der Waals surface area (Å²) < 4.78 is 54.0. The van der Waals surface area contributed by atoms with Crippen molar-refractivity contribution < 1.29 is 17.2 Å². The van der Waals surface area contributed by atoms with Crippen molar-refractivity contribution in [3.63, 3.8) is 0 Å². The number of nitrogens with zero attached hydrogens (tertiary/aromatic N) is 3. The Hall–Kier alpha value is -2.21. The Balaban J connectivity index is 1.78. The number of benzene rings is 2. The molecule has 1 saturated heterocycles. The van der Waals surface area contributed by atoms with Crippen molar-refractivity contribution in [2.75, 3.05) is 42.3 Å². The molecule has 5 rings (SSSR count). The molecule has 12 heteroatoms. The summed E-state index contributed by atoms with van der Waals surface area (Å²) in [6.45, 7) is 1.90. The Bertz CT molecular complexity index is 1480. The van der Waals surface area contributed by atoms with E-state index in [9.17, 15) is 22.0 Å². The maximum absolute atomic E-state index is 14.7. The number of hydrogen-bond donors (Lipinski definition) is 1. The molecule has 3 heterocycles. The number of aryl methyl sites for hydroxylation is 1. The van der Waals surface area contributed by atoms with Gasteiger partial charge in [0.2, 0.25) is 0 Å². The first kappa shape index (κ1) is 23.5. The highest BCUT2D eigenvalue weighted by molar-refractivity contribution is 7.99. The van der Waals surface area contributed by atoms with Crippen LogP contribution in [0.3, 0.4) is 0 Å². The van der Waals surface area contributed by atoms with E-state index >= 15 is 0 Å². The lowest BCUT2D eigenvalue weighted by atomic mass is 10.0. The van der Waals surface area contributed by atoms with E-state index < -0.39 is 33.2 Å². The zero-order chi connectivity index (χ0) is 24.2. The van der Waals surface area contributed by atoms with Crippen LogP contribution in [-0.2, 0) is 16.4 Å². The number of anilines is 1. The predicted molar refractivity (Wildman–Crippen MR) is 131 cm³/mol. The molecule has 0 saturated carbocycles. The standard InChI is InChI=1S/C22H21ClF2N4O3S2/c1-34(31,32)11-13-10-26-4-5-28(13)21-15-9-16(23)18(14-3-2-12(24)8-17(14)25)20-19(15)29(6-7-33-20)22(30)27-21/h2-3,8-9,13,26H,4-7,10-11H2,1H3/t13-/m0/s1. The van der Waals surface area contributed by atoms with E-state index in [-0.39, 0.29) is 16.3 Å². The molecule has 7 nitrogen and oxygen atoms in total. The van der Waals surface area contributed by atoms with E-state index in [0.717, 1.165) is 6.07 Å². The fraction of sp³-hybridized carbons (Fsp3) is 0.364. The second-order valence-electron chi connectivity index (χ2n) is 8.44. The molecule has 1 atom stereocenters. The van der Waals surface area contributed by atoms with Crippen LogP contribution in [0, 0.1) is 11.6 Å². The van der Waals surface area contributed by atoms with Crippen LogP contribution in [0.2, 0.25) is 5.02 Å². The van der Waals surface area contributed by atoms with Gasteiger partial charge in [0, 0.05) is 65.7 Å². The SMILES string of the molecule is CS(=O)(=O)C[C@@H]1CNCCN1c1nc(=O)n2c3c(c(-c4ccc(F)cc4F)c(Cl)cc13)SCC2. The highest BCUT2D eigenvalue weighted by Gasteiger charge is 2.31. The number of piperazine rings is 1. The molecule has 0 aliphatic carbocycles. The number of hydrogen-bond acceptors (Lipinski definition) is 7. The first-order valence-electron chi connectivity index (χ1n) is 10.6. The highest BCUT2D eigenvalue weighted by atomic mass is 35.5. The van der Waals surface area contributed by atoms with Crippen LogP contribution in [0.4, 0.5) is 14.6 Å². The fourth-order valence-corrected chi connectivity index (χ4v) is 7.21. The topological polar surface area (TPSA) is 84.3 Å². The van der Waals surface area contributed by atoms with Crippen molar-refractivity contribution in [1.29, 1.82) is 0 Å². The van der Waals surface area contributed by atoms with Gasteiger partial charge in [-0.3, -0.25) is 4.57 Å². The Morgan fingerprint density at radius 2 is 2.06 bits per heavy atom. The van der Waals surface area contributed by atoms with Crippen molar-refractivity contribution in [1.82, 2.24) is 14.9 Å². The van der Waals surface area contributed by atoms with Crippen LogP contribution in [0.1, 0.15) is 0 Å². The van der Waals surface area contributed by atoms with Crippen LogP contribution < -0.4 is 15.9 Å². The molecular formula is C22H21ClF2N4O3S2. The maximum atomic E-state index is 14.7. The largest absolute Gasteiger partial charge is 0.350 e. The number of aromatic nitrogens is 2. The summed E-state index contributed by atoms with van der Waals surface area (Å²) in [4.78, 5) is 19.9. The van der Waals surface area contributed by atoms with Gasteiger partial charge in [-0.25, -0.2) is 22.0 Å². The van der Waals surface area contributed by atoms with E-state index in [4.69, 9.17) is 11.6 Å². The lowest BCUT2D eigenvalue weighted by molar-refractivity contribution is 0.492. The van der Waals surface area contributed by atoms with Gasteiger partial charge in [0.1, 0.15) is 27.3 Å². The fourth-order valence-electron chi connectivity index (χ4n) is 4.65. The molecule has 1 aromatic heterocycles. The lowest BCUT2D eigenvalue weighted by Crippen LogP contribution is -2.55. The Morgan fingerprint density at radius 1 is 1.26 bits per heavy atom. The maximum Gasteiger partial charge on any atom is 0.350 e. The lowest BCUT2D eigenvalue weighted by Gasteiger charge is -2.37. The van der Waals surface area contributed by atoms with Gasteiger partial charge in [0.25, 0.3) is 0 Å². The Morgan fingerprint density at radius 3 is 2.79 bits per heavy atom.